The Hall–Kier alpha value is -2.92. The van der Waals surface area contributed by atoms with Gasteiger partial charge in [0.1, 0.15) is 11.6 Å². The van der Waals surface area contributed by atoms with E-state index in [1.165, 1.54) is 0 Å². The zero-order valence-corrected chi connectivity index (χ0v) is 16.8. The lowest BCUT2D eigenvalue weighted by Gasteiger charge is -2.31. The van der Waals surface area contributed by atoms with Crippen molar-refractivity contribution < 1.29 is 18.0 Å². The largest absolute Gasteiger partial charge is 0.378 e. The molecule has 0 bridgehead atoms. The normalized spacial score (nSPS) is 23.3. The van der Waals surface area contributed by atoms with Gasteiger partial charge in [-0.15, -0.1) is 0 Å². The monoisotopic (exact) mass is 399 g/mol. The van der Waals surface area contributed by atoms with Crippen LogP contribution in [0.15, 0.2) is 41.0 Å². The number of amides is 2. The summed E-state index contributed by atoms with van der Waals surface area (Å²) in [6.45, 7) is 1.57. The Morgan fingerprint density at radius 3 is 2.32 bits per heavy atom. The van der Waals surface area contributed by atoms with Crippen molar-refractivity contribution in [1.82, 2.24) is 4.90 Å². The lowest BCUT2D eigenvalue weighted by molar-refractivity contribution is -0.142. The molecule has 1 saturated heterocycles. The third-order valence-corrected chi connectivity index (χ3v) is 6.82. The minimum absolute atomic E-state index is 0.0651. The zero-order valence-electron chi connectivity index (χ0n) is 16.0. The summed E-state index contributed by atoms with van der Waals surface area (Å²) in [6.07, 6.45) is 1.83. The predicted octanol–water partition coefficient (Wildman–Crippen LogP) is 1.53. The Bertz CT molecular complexity index is 1040. The molecule has 2 aliphatic heterocycles. The van der Waals surface area contributed by atoms with E-state index in [0.29, 0.717) is 5.57 Å². The molecule has 1 aromatic rings. The van der Waals surface area contributed by atoms with Gasteiger partial charge in [-0.2, -0.15) is 5.26 Å². The lowest BCUT2D eigenvalue weighted by Crippen LogP contribution is -2.49. The number of nitriles is 1. The van der Waals surface area contributed by atoms with Gasteiger partial charge in [-0.25, -0.2) is 8.42 Å². The fourth-order valence-electron chi connectivity index (χ4n) is 3.45. The molecule has 2 heterocycles. The van der Waals surface area contributed by atoms with Crippen LogP contribution in [-0.4, -0.2) is 56.8 Å². The van der Waals surface area contributed by atoms with Crippen molar-refractivity contribution in [2.75, 3.05) is 30.5 Å². The molecule has 2 aliphatic rings. The highest BCUT2D eigenvalue weighted by molar-refractivity contribution is 7.91. The summed E-state index contributed by atoms with van der Waals surface area (Å²) in [7, 11) is 0.552. The maximum Gasteiger partial charge on any atom is 0.271 e. The van der Waals surface area contributed by atoms with E-state index >= 15 is 0 Å². The second-order valence-corrected chi connectivity index (χ2v) is 9.42. The van der Waals surface area contributed by atoms with E-state index < -0.39 is 27.7 Å². The first-order valence-electron chi connectivity index (χ1n) is 8.83. The number of anilines is 1. The lowest BCUT2D eigenvalue weighted by atomic mass is 9.92. The summed E-state index contributed by atoms with van der Waals surface area (Å²) >= 11 is 0. The van der Waals surface area contributed by atoms with E-state index in [0.717, 1.165) is 16.2 Å². The number of hydrogen-bond donors (Lipinski definition) is 0. The molecule has 2 amide bonds. The molecular formula is C20H21N3O4S. The Morgan fingerprint density at radius 1 is 1.18 bits per heavy atom. The van der Waals surface area contributed by atoms with E-state index in [-0.39, 0.29) is 29.1 Å². The molecule has 0 spiro atoms. The summed E-state index contributed by atoms with van der Waals surface area (Å²) in [5.74, 6) is -1.59. The van der Waals surface area contributed by atoms with Crippen LogP contribution in [0.4, 0.5) is 5.69 Å². The number of rotatable bonds is 3. The SMILES string of the molecule is CC1=C(C#N)C(=O)N(C2CCS(=O)(=O)C2)C(=O)/C1=C\c1ccc(N(C)C)cc1. The molecule has 146 valence electrons. The summed E-state index contributed by atoms with van der Waals surface area (Å²) < 4.78 is 23.7. The van der Waals surface area contributed by atoms with Gasteiger partial charge in [-0.1, -0.05) is 12.1 Å². The van der Waals surface area contributed by atoms with Gasteiger partial charge in [0.2, 0.25) is 0 Å². The maximum absolute atomic E-state index is 13.1. The third-order valence-electron chi connectivity index (χ3n) is 5.07. The standard InChI is InChI=1S/C20H21N3O4S/c1-13-17(10-14-4-6-15(7-5-14)22(2)3)19(24)23(20(25)18(13)11-21)16-8-9-28(26,27)12-16/h4-7,10,16H,8-9,12H2,1-3H3/b17-10-. The fraction of sp³-hybridized carbons (Fsp3) is 0.350. The van der Waals surface area contributed by atoms with Crippen molar-refractivity contribution in [2.24, 2.45) is 0 Å². The minimum atomic E-state index is -3.29. The molecule has 3 rings (SSSR count). The highest BCUT2D eigenvalue weighted by atomic mass is 32.2. The van der Waals surface area contributed by atoms with Crippen molar-refractivity contribution >= 4 is 33.4 Å². The van der Waals surface area contributed by atoms with E-state index in [1.807, 2.05) is 49.3 Å². The molecule has 0 N–H and O–H groups in total. The van der Waals surface area contributed by atoms with Gasteiger partial charge in [0.25, 0.3) is 11.8 Å². The quantitative estimate of drug-likeness (QED) is 0.565. The first-order chi connectivity index (χ1) is 13.1. The van der Waals surface area contributed by atoms with Crippen LogP contribution in [0.5, 0.6) is 0 Å². The molecule has 1 fully saturated rings. The Kier molecular flexibility index (Phi) is 5.13. The van der Waals surface area contributed by atoms with Gasteiger partial charge in [-0.05, 0) is 42.7 Å². The molecule has 7 nitrogen and oxygen atoms in total. The first kappa shape index (κ1) is 19.8. The van der Waals surface area contributed by atoms with Crippen molar-refractivity contribution in [3.8, 4) is 6.07 Å². The molecule has 1 aromatic carbocycles. The van der Waals surface area contributed by atoms with E-state index in [2.05, 4.69) is 0 Å². The van der Waals surface area contributed by atoms with Crippen LogP contribution in [-0.2, 0) is 19.4 Å². The zero-order chi connectivity index (χ0) is 20.6. The van der Waals surface area contributed by atoms with Gasteiger partial charge >= 0.3 is 0 Å². The predicted molar refractivity (Wildman–Crippen MR) is 106 cm³/mol. The number of hydrogen-bond acceptors (Lipinski definition) is 6. The number of carbonyl (C=O) groups excluding carboxylic acids is 2. The highest BCUT2D eigenvalue weighted by Crippen LogP contribution is 2.31. The molecule has 28 heavy (non-hydrogen) atoms. The van der Waals surface area contributed by atoms with Gasteiger partial charge in [0, 0.05) is 25.4 Å². The molecule has 0 aromatic heterocycles. The van der Waals surface area contributed by atoms with Crippen LogP contribution in [0.2, 0.25) is 0 Å². The minimum Gasteiger partial charge on any atom is -0.378 e. The molecule has 0 aliphatic carbocycles. The fourth-order valence-corrected chi connectivity index (χ4v) is 5.15. The number of imide groups is 1. The van der Waals surface area contributed by atoms with Crippen LogP contribution >= 0.6 is 0 Å². The third kappa shape index (κ3) is 3.58. The van der Waals surface area contributed by atoms with Crippen molar-refractivity contribution in [2.45, 2.75) is 19.4 Å². The smallest absolute Gasteiger partial charge is 0.271 e. The van der Waals surface area contributed by atoms with Gasteiger partial charge < -0.3 is 4.90 Å². The second-order valence-electron chi connectivity index (χ2n) is 7.19. The van der Waals surface area contributed by atoms with Crippen LogP contribution in [0.3, 0.4) is 0 Å². The Morgan fingerprint density at radius 2 is 1.82 bits per heavy atom. The average Bonchev–Trinajstić information content (AvgIpc) is 2.99. The molecule has 8 heteroatoms. The molecule has 0 radical (unpaired) electrons. The molecular weight excluding hydrogens is 378 g/mol. The van der Waals surface area contributed by atoms with Crippen LogP contribution in [0.1, 0.15) is 18.9 Å². The van der Waals surface area contributed by atoms with Gasteiger partial charge in [0.15, 0.2) is 9.84 Å². The topological polar surface area (TPSA) is 98.5 Å². The first-order valence-corrected chi connectivity index (χ1v) is 10.7. The van der Waals surface area contributed by atoms with Crippen LogP contribution in [0, 0.1) is 11.3 Å². The Labute approximate surface area is 164 Å². The number of carbonyl (C=O) groups is 2. The van der Waals surface area contributed by atoms with E-state index in [1.54, 1.807) is 13.0 Å². The summed E-state index contributed by atoms with van der Waals surface area (Å²) in [5.41, 5.74) is 2.17. The van der Waals surface area contributed by atoms with E-state index in [9.17, 15) is 23.3 Å². The van der Waals surface area contributed by atoms with Gasteiger partial charge in [-0.3, -0.25) is 14.5 Å². The molecule has 1 atom stereocenters. The Balaban J connectivity index is 2.04. The second kappa shape index (κ2) is 7.24. The van der Waals surface area contributed by atoms with Gasteiger partial charge in [0.05, 0.1) is 17.5 Å². The maximum atomic E-state index is 13.1. The summed E-state index contributed by atoms with van der Waals surface area (Å²) in [6, 6.07) is 8.63. The summed E-state index contributed by atoms with van der Waals surface area (Å²) in [5, 5.41) is 9.45. The van der Waals surface area contributed by atoms with Crippen molar-refractivity contribution in [3.63, 3.8) is 0 Å². The van der Waals surface area contributed by atoms with Crippen LogP contribution < -0.4 is 4.90 Å². The number of benzene rings is 1. The van der Waals surface area contributed by atoms with Crippen molar-refractivity contribution in [1.29, 1.82) is 5.26 Å². The van der Waals surface area contributed by atoms with Crippen molar-refractivity contribution in [3.05, 3.63) is 46.5 Å². The average molecular weight is 399 g/mol. The highest BCUT2D eigenvalue weighted by Gasteiger charge is 2.43. The summed E-state index contributed by atoms with van der Waals surface area (Å²) in [4.78, 5) is 28.7. The van der Waals surface area contributed by atoms with Crippen LogP contribution in [0.25, 0.3) is 6.08 Å². The molecule has 0 saturated carbocycles. The number of nitrogens with zero attached hydrogens (tertiary/aromatic N) is 3. The molecule has 1 unspecified atom stereocenters. The van der Waals surface area contributed by atoms with E-state index in [4.69, 9.17) is 0 Å². The number of sulfone groups is 1.